The Kier molecular flexibility index (Phi) is 3.66. The van der Waals surface area contributed by atoms with E-state index in [2.05, 4.69) is 4.98 Å². The number of nitro groups is 1. The van der Waals surface area contributed by atoms with E-state index in [0.717, 1.165) is 0 Å². The van der Waals surface area contributed by atoms with Gasteiger partial charge in [-0.15, -0.1) is 0 Å². The highest BCUT2D eigenvalue weighted by molar-refractivity contribution is 5.73. The van der Waals surface area contributed by atoms with Crippen molar-refractivity contribution in [3.05, 3.63) is 34.5 Å². The predicted octanol–water partition coefficient (Wildman–Crippen LogP) is 1.63. The molecule has 1 saturated heterocycles. The number of imidazole rings is 1. The highest BCUT2D eigenvalue weighted by Gasteiger charge is 2.32. The number of carbonyl (C=O) groups is 1. The highest BCUT2D eigenvalue weighted by Crippen LogP contribution is 2.32. The van der Waals surface area contributed by atoms with Crippen molar-refractivity contribution >= 4 is 23.3 Å². The minimum absolute atomic E-state index is 0.0351. The first-order chi connectivity index (χ1) is 10.6. The second kappa shape index (κ2) is 5.63. The zero-order valence-corrected chi connectivity index (χ0v) is 12.1. The number of anilines is 1. The molecule has 0 bridgehead atoms. The molecular weight excluding hydrogens is 288 g/mol. The fraction of sp³-hybridized carbons (Fsp3) is 0.429. The second-order valence-electron chi connectivity index (χ2n) is 5.23. The summed E-state index contributed by atoms with van der Waals surface area (Å²) < 4.78 is 6.23. The lowest BCUT2D eigenvalue weighted by Gasteiger charge is -2.30. The molecule has 1 fully saturated rings. The summed E-state index contributed by atoms with van der Waals surface area (Å²) in [7, 11) is 1.38. The molecule has 1 aliphatic rings. The highest BCUT2D eigenvalue weighted by atomic mass is 16.6. The van der Waals surface area contributed by atoms with Gasteiger partial charge in [-0.2, -0.15) is 9.38 Å². The minimum Gasteiger partial charge on any atom is -0.469 e. The third-order valence-electron chi connectivity index (χ3n) is 3.99. The van der Waals surface area contributed by atoms with Gasteiger partial charge in [-0.1, -0.05) is 6.07 Å². The lowest BCUT2D eigenvalue weighted by molar-refractivity contribution is -0.389. The third-order valence-corrected chi connectivity index (χ3v) is 3.99. The van der Waals surface area contributed by atoms with E-state index in [4.69, 9.17) is 4.74 Å². The molecule has 0 radical (unpaired) electrons. The van der Waals surface area contributed by atoms with Crippen LogP contribution in [0.5, 0.6) is 0 Å². The number of piperidine rings is 1. The average Bonchev–Trinajstić information content (AvgIpc) is 2.94. The monoisotopic (exact) mass is 304 g/mol. The second-order valence-corrected chi connectivity index (χ2v) is 5.23. The first-order valence-corrected chi connectivity index (χ1v) is 7.06. The largest absolute Gasteiger partial charge is 0.469 e. The van der Waals surface area contributed by atoms with Gasteiger partial charge < -0.3 is 19.8 Å². The van der Waals surface area contributed by atoms with E-state index < -0.39 is 4.92 Å². The molecule has 3 rings (SSSR count). The number of methoxy groups -OCH3 is 1. The Morgan fingerprint density at radius 1 is 1.41 bits per heavy atom. The molecule has 8 heteroatoms. The van der Waals surface area contributed by atoms with Crippen molar-refractivity contribution in [2.75, 3.05) is 25.1 Å². The van der Waals surface area contributed by atoms with Gasteiger partial charge in [0.25, 0.3) is 0 Å². The molecule has 0 N–H and O–H groups in total. The number of nitrogens with zero attached hydrogens (tertiary/aromatic N) is 4. The minimum atomic E-state index is -0.415. The van der Waals surface area contributed by atoms with Gasteiger partial charge in [0.15, 0.2) is 0 Å². The first kappa shape index (κ1) is 14.3. The van der Waals surface area contributed by atoms with Crippen molar-refractivity contribution in [3.8, 4) is 0 Å². The Bertz CT molecular complexity index is 719. The van der Waals surface area contributed by atoms with E-state index >= 15 is 0 Å². The molecule has 8 nitrogen and oxygen atoms in total. The van der Waals surface area contributed by atoms with Crippen LogP contribution in [0.15, 0.2) is 24.4 Å². The molecule has 0 spiro atoms. The summed E-state index contributed by atoms with van der Waals surface area (Å²) >= 11 is 0. The number of esters is 1. The molecule has 0 amide bonds. The Labute approximate surface area is 126 Å². The van der Waals surface area contributed by atoms with Gasteiger partial charge in [0.1, 0.15) is 0 Å². The number of pyridine rings is 1. The van der Waals surface area contributed by atoms with E-state index in [-0.39, 0.29) is 17.7 Å². The van der Waals surface area contributed by atoms with Crippen LogP contribution in [0.1, 0.15) is 12.8 Å². The van der Waals surface area contributed by atoms with Crippen molar-refractivity contribution in [2.24, 2.45) is 5.92 Å². The van der Waals surface area contributed by atoms with E-state index in [1.165, 1.54) is 11.5 Å². The number of carbonyl (C=O) groups excluding carboxylic acids is 1. The van der Waals surface area contributed by atoms with E-state index in [1.54, 1.807) is 24.4 Å². The van der Waals surface area contributed by atoms with Crippen molar-refractivity contribution in [3.63, 3.8) is 0 Å². The SMILES string of the molecule is COC(=O)C1CCN(c2nc3ccccn3c2[N+](=O)[O-])CC1. The van der Waals surface area contributed by atoms with Gasteiger partial charge in [-0.25, -0.2) is 0 Å². The molecule has 0 saturated carbocycles. The number of hydrogen-bond donors (Lipinski definition) is 0. The van der Waals surface area contributed by atoms with Gasteiger partial charge in [-0.05, 0) is 23.8 Å². The maximum Gasteiger partial charge on any atom is 0.372 e. The van der Waals surface area contributed by atoms with E-state index in [1.807, 2.05) is 4.90 Å². The summed E-state index contributed by atoms with van der Waals surface area (Å²) in [4.78, 5) is 28.8. The summed E-state index contributed by atoms with van der Waals surface area (Å²) in [5.41, 5.74) is 0.541. The van der Waals surface area contributed by atoms with Crippen LogP contribution in [0.25, 0.3) is 5.65 Å². The zero-order valence-electron chi connectivity index (χ0n) is 12.1. The van der Waals surface area contributed by atoms with Gasteiger partial charge in [0.05, 0.1) is 19.2 Å². The van der Waals surface area contributed by atoms with Crippen LogP contribution in [-0.2, 0) is 9.53 Å². The maximum absolute atomic E-state index is 11.6. The number of hydrogen-bond acceptors (Lipinski definition) is 6. The summed E-state index contributed by atoms with van der Waals surface area (Å²) in [6.45, 7) is 1.09. The molecule has 3 heterocycles. The van der Waals surface area contributed by atoms with Crippen LogP contribution in [0.4, 0.5) is 11.6 Å². The van der Waals surface area contributed by atoms with E-state index in [9.17, 15) is 14.9 Å². The molecular formula is C14H16N4O4. The predicted molar refractivity (Wildman–Crippen MR) is 78.8 cm³/mol. The number of fused-ring (bicyclic) bond motifs is 1. The van der Waals surface area contributed by atoms with Crippen molar-refractivity contribution in [1.29, 1.82) is 0 Å². The zero-order chi connectivity index (χ0) is 15.7. The van der Waals surface area contributed by atoms with Gasteiger partial charge >= 0.3 is 11.8 Å². The van der Waals surface area contributed by atoms with Crippen LogP contribution >= 0.6 is 0 Å². The lowest BCUT2D eigenvalue weighted by atomic mass is 9.97. The molecule has 2 aromatic heterocycles. The summed E-state index contributed by atoms with van der Waals surface area (Å²) in [5.74, 6) is -0.0341. The topological polar surface area (TPSA) is 90.0 Å². The molecule has 0 aromatic carbocycles. The van der Waals surface area contributed by atoms with Gasteiger partial charge in [-0.3, -0.25) is 4.79 Å². The molecule has 2 aromatic rings. The van der Waals surface area contributed by atoms with Gasteiger partial charge in [0.2, 0.25) is 11.5 Å². The van der Waals surface area contributed by atoms with Crippen LogP contribution in [0.3, 0.4) is 0 Å². The van der Waals surface area contributed by atoms with Crippen molar-refractivity contribution < 1.29 is 14.5 Å². The normalized spacial score (nSPS) is 16.0. The fourth-order valence-corrected chi connectivity index (χ4v) is 2.85. The molecule has 0 atom stereocenters. The van der Waals surface area contributed by atoms with Crippen LogP contribution in [0, 0.1) is 16.0 Å². The number of aromatic nitrogens is 2. The number of rotatable bonds is 3. The van der Waals surface area contributed by atoms with Crippen molar-refractivity contribution in [1.82, 2.24) is 9.38 Å². The van der Waals surface area contributed by atoms with Crippen LogP contribution in [0.2, 0.25) is 0 Å². The molecule has 116 valence electrons. The standard InChI is InChI=1S/C14H16N4O4/c1-22-14(19)10-5-8-16(9-6-10)12-13(18(20)21)17-7-3-2-4-11(17)15-12/h2-4,7,10H,5-6,8-9H2,1H3. The summed E-state index contributed by atoms with van der Waals surface area (Å²) in [6.07, 6.45) is 2.85. The van der Waals surface area contributed by atoms with Gasteiger partial charge in [0, 0.05) is 19.2 Å². The molecule has 22 heavy (non-hydrogen) atoms. The van der Waals surface area contributed by atoms with Crippen LogP contribution < -0.4 is 4.90 Å². The molecule has 1 aliphatic heterocycles. The summed E-state index contributed by atoms with van der Waals surface area (Å²) in [6, 6.07) is 5.26. The Hall–Kier alpha value is -2.64. The first-order valence-electron chi connectivity index (χ1n) is 7.06. The Balaban J connectivity index is 1.90. The average molecular weight is 304 g/mol. The maximum atomic E-state index is 11.6. The Morgan fingerprint density at radius 3 is 2.77 bits per heavy atom. The fourth-order valence-electron chi connectivity index (χ4n) is 2.85. The van der Waals surface area contributed by atoms with Crippen molar-refractivity contribution in [2.45, 2.75) is 12.8 Å². The van der Waals surface area contributed by atoms with E-state index in [0.29, 0.717) is 37.4 Å². The lowest BCUT2D eigenvalue weighted by Crippen LogP contribution is -2.37. The third kappa shape index (κ3) is 2.36. The van der Waals surface area contributed by atoms with Crippen LogP contribution in [-0.4, -0.2) is 40.5 Å². The Morgan fingerprint density at radius 2 is 2.14 bits per heavy atom. The smallest absolute Gasteiger partial charge is 0.372 e. The molecule has 0 unspecified atom stereocenters. The number of ether oxygens (including phenoxy) is 1. The molecule has 0 aliphatic carbocycles. The quantitative estimate of drug-likeness (QED) is 0.486. The summed E-state index contributed by atoms with van der Waals surface area (Å²) in [5, 5.41) is 11.4.